The molecular weight excluding hydrogens is 274 g/mol. The molecule has 1 aromatic heterocycles. The van der Waals surface area contributed by atoms with Gasteiger partial charge in [0.2, 0.25) is 0 Å². The van der Waals surface area contributed by atoms with E-state index in [0.29, 0.717) is 18.7 Å². The van der Waals surface area contributed by atoms with E-state index in [1.54, 1.807) is 6.92 Å². The van der Waals surface area contributed by atoms with Crippen LogP contribution in [0.1, 0.15) is 59.3 Å². The van der Waals surface area contributed by atoms with Crippen molar-refractivity contribution in [2.45, 2.75) is 45.1 Å². The van der Waals surface area contributed by atoms with E-state index in [-0.39, 0.29) is 23.3 Å². The maximum absolute atomic E-state index is 12.0. The van der Waals surface area contributed by atoms with Crippen LogP contribution in [-0.2, 0) is 6.42 Å². The molecule has 1 aliphatic carbocycles. The number of hydrogen-bond acceptors (Lipinski definition) is 4. The van der Waals surface area contributed by atoms with E-state index in [0.717, 1.165) is 25.7 Å². The molecule has 6 heteroatoms. The van der Waals surface area contributed by atoms with Gasteiger partial charge in [-0.3, -0.25) is 4.79 Å². The Morgan fingerprint density at radius 2 is 2.10 bits per heavy atom. The molecule has 0 aromatic carbocycles. The molecule has 1 aromatic rings. The van der Waals surface area contributed by atoms with Crippen molar-refractivity contribution in [2.75, 3.05) is 6.54 Å². The summed E-state index contributed by atoms with van der Waals surface area (Å²) in [5.41, 5.74) is 0.0281. The van der Waals surface area contributed by atoms with Crippen molar-refractivity contribution in [3.8, 4) is 0 Å². The summed E-state index contributed by atoms with van der Waals surface area (Å²) in [6.07, 6.45) is 3.77. The van der Waals surface area contributed by atoms with Crippen LogP contribution in [0, 0.1) is 5.92 Å². The van der Waals surface area contributed by atoms with Crippen LogP contribution in [0.4, 0.5) is 0 Å². The van der Waals surface area contributed by atoms with Crippen LogP contribution < -0.4 is 5.32 Å². The van der Waals surface area contributed by atoms with Crippen LogP contribution in [0.15, 0.2) is 10.5 Å². The highest BCUT2D eigenvalue weighted by Crippen LogP contribution is 2.24. The molecule has 1 aliphatic rings. The third-order valence-electron chi connectivity index (χ3n) is 3.98. The molecule has 21 heavy (non-hydrogen) atoms. The molecule has 116 valence electrons. The summed E-state index contributed by atoms with van der Waals surface area (Å²) >= 11 is 0. The van der Waals surface area contributed by atoms with Gasteiger partial charge in [-0.05, 0) is 12.8 Å². The van der Waals surface area contributed by atoms with Gasteiger partial charge in [0.05, 0.1) is 6.10 Å². The van der Waals surface area contributed by atoms with E-state index >= 15 is 0 Å². The molecular formula is C15H21NO5. The van der Waals surface area contributed by atoms with Crippen molar-refractivity contribution in [1.29, 1.82) is 0 Å². The third-order valence-corrected chi connectivity index (χ3v) is 3.98. The van der Waals surface area contributed by atoms with Gasteiger partial charge in [0.25, 0.3) is 5.91 Å². The van der Waals surface area contributed by atoms with Crippen LogP contribution in [0.25, 0.3) is 0 Å². The molecule has 0 radical (unpaired) electrons. The Labute approximate surface area is 123 Å². The number of carboxylic acid groups (broad SMARTS) is 1. The van der Waals surface area contributed by atoms with Gasteiger partial charge < -0.3 is 19.9 Å². The van der Waals surface area contributed by atoms with Crippen LogP contribution in [0.3, 0.4) is 0 Å². The maximum Gasteiger partial charge on any atom is 0.339 e. The predicted octanol–water partition coefficient (Wildman–Crippen LogP) is 1.82. The van der Waals surface area contributed by atoms with Gasteiger partial charge in [0, 0.05) is 24.9 Å². The van der Waals surface area contributed by atoms with Crippen LogP contribution in [0.2, 0.25) is 0 Å². The smallest absolute Gasteiger partial charge is 0.339 e. The van der Waals surface area contributed by atoms with E-state index in [9.17, 15) is 14.7 Å². The minimum Gasteiger partial charge on any atom is -0.478 e. The molecule has 0 bridgehead atoms. The standard InChI is InChI=1S/C15H21NO5/c1-2-12-10(15(19)20)7-13(21-12)14(18)16-8-9-5-3-4-6-11(9)17/h7,9,11,17H,2-6,8H2,1H3,(H,16,18)(H,19,20). The van der Waals surface area contributed by atoms with Crippen molar-refractivity contribution < 1.29 is 24.2 Å². The molecule has 1 heterocycles. The summed E-state index contributed by atoms with van der Waals surface area (Å²) in [5, 5.41) is 21.6. The summed E-state index contributed by atoms with van der Waals surface area (Å²) in [4.78, 5) is 23.1. The fourth-order valence-electron chi connectivity index (χ4n) is 2.72. The number of aromatic carboxylic acids is 1. The summed E-state index contributed by atoms with van der Waals surface area (Å²) in [6, 6.07) is 1.26. The summed E-state index contributed by atoms with van der Waals surface area (Å²) in [6.45, 7) is 2.15. The minimum absolute atomic E-state index is 0.00884. The number of rotatable bonds is 5. The van der Waals surface area contributed by atoms with E-state index in [2.05, 4.69) is 5.32 Å². The zero-order chi connectivity index (χ0) is 15.4. The molecule has 1 fully saturated rings. The van der Waals surface area contributed by atoms with Crippen LogP contribution in [-0.4, -0.2) is 34.7 Å². The molecule has 0 saturated heterocycles. The fourth-order valence-corrected chi connectivity index (χ4v) is 2.72. The minimum atomic E-state index is -1.10. The molecule has 2 atom stereocenters. The molecule has 1 amide bonds. The Kier molecular flexibility index (Phi) is 5.01. The average Bonchev–Trinajstić information content (AvgIpc) is 2.90. The number of furan rings is 1. The van der Waals surface area contributed by atoms with Crippen LogP contribution in [0.5, 0.6) is 0 Å². The lowest BCUT2D eigenvalue weighted by Gasteiger charge is -2.27. The number of carbonyl (C=O) groups excluding carboxylic acids is 1. The molecule has 6 nitrogen and oxygen atoms in total. The Morgan fingerprint density at radius 3 is 2.67 bits per heavy atom. The Morgan fingerprint density at radius 1 is 1.38 bits per heavy atom. The van der Waals surface area contributed by atoms with Gasteiger partial charge in [-0.15, -0.1) is 0 Å². The number of carboxylic acids is 1. The second kappa shape index (κ2) is 6.76. The van der Waals surface area contributed by atoms with Crippen LogP contribution >= 0.6 is 0 Å². The Bertz CT molecular complexity index is 522. The van der Waals surface area contributed by atoms with Crippen molar-refractivity contribution in [3.05, 3.63) is 23.2 Å². The molecule has 2 rings (SSSR count). The molecule has 1 saturated carbocycles. The van der Waals surface area contributed by atoms with Crippen molar-refractivity contribution in [3.63, 3.8) is 0 Å². The van der Waals surface area contributed by atoms with E-state index in [1.807, 2.05) is 0 Å². The predicted molar refractivity (Wildman–Crippen MR) is 75.3 cm³/mol. The third kappa shape index (κ3) is 3.64. The summed E-state index contributed by atoms with van der Waals surface area (Å²) < 4.78 is 5.30. The maximum atomic E-state index is 12.0. The quantitative estimate of drug-likeness (QED) is 0.769. The summed E-state index contributed by atoms with van der Waals surface area (Å²) in [5.74, 6) is -1.17. The zero-order valence-electron chi connectivity index (χ0n) is 12.1. The van der Waals surface area contributed by atoms with Gasteiger partial charge >= 0.3 is 5.97 Å². The first-order valence-electron chi connectivity index (χ1n) is 7.35. The lowest BCUT2D eigenvalue weighted by Crippen LogP contribution is -2.36. The van der Waals surface area contributed by atoms with Gasteiger partial charge in [-0.1, -0.05) is 19.8 Å². The highest BCUT2D eigenvalue weighted by Gasteiger charge is 2.25. The largest absolute Gasteiger partial charge is 0.478 e. The lowest BCUT2D eigenvalue weighted by atomic mass is 9.86. The zero-order valence-corrected chi connectivity index (χ0v) is 12.1. The highest BCUT2D eigenvalue weighted by molar-refractivity contribution is 5.96. The SMILES string of the molecule is CCc1oc(C(=O)NCC2CCCCC2O)cc1C(=O)O. The number of carbonyl (C=O) groups is 2. The van der Waals surface area contributed by atoms with Crippen molar-refractivity contribution in [1.82, 2.24) is 5.32 Å². The average molecular weight is 295 g/mol. The second-order valence-electron chi connectivity index (χ2n) is 5.43. The van der Waals surface area contributed by atoms with E-state index in [1.165, 1.54) is 6.07 Å². The number of aliphatic hydroxyl groups is 1. The normalized spacial score (nSPS) is 22.0. The molecule has 2 unspecified atom stereocenters. The fraction of sp³-hybridized carbons (Fsp3) is 0.600. The molecule has 0 aliphatic heterocycles. The topological polar surface area (TPSA) is 99.8 Å². The summed E-state index contributed by atoms with van der Waals surface area (Å²) in [7, 11) is 0. The number of aryl methyl sites for hydroxylation is 1. The molecule has 0 spiro atoms. The monoisotopic (exact) mass is 295 g/mol. The van der Waals surface area contributed by atoms with Crippen molar-refractivity contribution in [2.24, 2.45) is 5.92 Å². The first kappa shape index (κ1) is 15.6. The van der Waals surface area contributed by atoms with Crippen molar-refractivity contribution >= 4 is 11.9 Å². The van der Waals surface area contributed by atoms with Gasteiger partial charge in [-0.2, -0.15) is 0 Å². The number of hydrogen-bond donors (Lipinski definition) is 3. The highest BCUT2D eigenvalue weighted by atomic mass is 16.4. The second-order valence-corrected chi connectivity index (χ2v) is 5.43. The van der Waals surface area contributed by atoms with E-state index < -0.39 is 11.9 Å². The van der Waals surface area contributed by atoms with Gasteiger partial charge in [-0.25, -0.2) is 4.79 Å². The number of aliphatic hydroxyl groups excluding tert-OH is 1. The Balaban J connectivity index is 1.98. The first-order chi connectivity index (χ1) is 10.0. The molecule has 3 N–H and O–H groups in total. The Hall–Kier alpha value is -1.82. The van der Waals surface area contributed by atoms with Gasteiger partial charge in [0.15, 0.2) is 5.76 Å². The van der Waals surface area contributed by atoms with Gasteiger partial charge in [0.1, 0.15) is 11.3 Å². The number of nitrogens with one attached hydrogen (secondary N) is 1. The van der Waals surface area contributed by atoms with E-state index in [4.69, 9.17) is 9.52 Å². The first-order valence-corrected chi connectivity index (χ1v) is 7.35. The number of amides is 1. The lowest BCUT2D eigenvalue weighted by molar-refractivity contribution is 0.0653.